The summed E-state index contributed by atoms with van der Waals surface area (Å²) in [6.07, 6.45) is 2.17. The van der Waals surface area contributed by atoms with Gasteiger partial charge in [-0.15, -0.1) is 21.5 Å². The highest BCUT2D eigenvalue weighted by Gasteiger charge is 2.14. The van der Waals surface area contributed by atoms with E-state index in [1.807, 2.05) is 11.6 Å². The number of esters is 1. The number of aryl methyl sites for hydroxylation is 1. The molecule has 0 aliphatic carbocycles. The highest BCUT2D eigenvalue weighted by molar-refractivity contribution is 7.99. The first-order valence-corrected chi connectivity index (χ1v) is 11.5. The van der Waals surface area contributed by atoms with Gasteiger partial charge in [0.05, 0.1) is 17.9 Å². The van der Waals surface area contributed by atoms with E-state index in [1.165, 1.54) is 16.6 Å². The van der Waals surface area contributed by atoms with Gasteiger partial charge in [0.1, 0.15) is 0 Å². The second-order valence-corrected chi connectivity index (χ2v) is 8.49. The monoisotopic (exact) mass is 444 g/mol. The van der Waals surface area contributed by atoms with Crippen LogP contribution < -0.4 is 5.32 Å². The molecule has 1 amide bonds. The summed E-state index contributed by atoms with van der Waals surface area (Å²) in [4.78, 5) is 25.3. The van der Waals surface area contributed by atoms with Gasteiger partial charge in [0.15, 0.2) is 11.0 Å². The molecule has 2 heterocycles. The molecule has 0 saturated heterocycles. The van der Waals surface area contributed by atoms with Gasteiger partial charge < -0.3 is 14.6 Å². The normalized spacial score (nSPS) is 10.8. The molecule has 3 rings (SSSR count). The van der Waals surface area contributed by atoms with Crippen LogP contribution in [0.5, 0.6) is 0 Å². The Balaban J connectivity index is 1.56. The molecule has 158 valence electrons. The fraction of sp³-hybridized carbons (Fsp3) is 0.333. The number of carbonyl (C=O) groups excluding carboxylic acids is 2. The summed E-state index contributed by atoms with van der Waals surface area (Å²) in [6, 6.07) is 8.77. The third-order valence-corrected chi connectivity index (χ3v) is 6.27. The molecule has 1 aromatic carbocycles. The summed E-state index contributed by atoms with van der Waals surface area (Å²) < 4.78 is 6.86. The van der Waals surface area contributed by atoms with E-state index >= 15 is 0 Å². The van der Waals surface area contributed by atoms with Gasteiger partial charge in [-0.25, -0.2) is 4.79 Å². The predicted octanol–water partition coefficient (Wildman–Crippen LogP) is 4.40. The number of aromatic nitrogens is 3. The SMILES string of the molecule is CCCc1cc(-c2nnc(SCC(=O)Nc3ccc(C(=O)OCC)cc3)n2C)cs1. The lowest BCUT2D eigenvalue weighted by molar-refractivity contribution is -0.113. The fourth-order valence-corrected chi connectivity index (χ4v) is 4.48. The number of rotatable bonds is 9. The van der Waals surface area contributed by atoms with E-state index in [4.69, 9.17) is 4.74 Å². The van der Waals surface area contributed by atoms with Crippen molar-refractivity contribution < 1.29 is 14.3 Å². The third kappa shape index (κ3) is 5.48. The van der Waals surface area contributed by atoms with Gasteiger partial charge in [-0.2, -0.15) is 0 Å². The zero-order valence-electron chi connectivity index (χ0n) is 17.2. The molecule has 0 aliphatic heterocycles. The molecule has 0 radical (unpaired) electrons. The minimum absolute atomic E-state index is 0.158. The van der Waals surface area contributed by atoms with Gasteiger partial charge >= 0.3 is 5.97 Å². The molecular formula is C21H24N4O3S2. The number of thioether (sulfide) groups is 1. The molecule has 1 N–H and O–H groups in total. The van der Waals surface area contributed by atoms with E-state index in [9.17, 15) is 9.59 Å². The van der Waals surface area contributed by atoms with Crippen molar-refractivity contribution in [3.8, 4) is 11.4 Å². The summed E-state index contributed by atoms with van der Waals surface area (Å²) >= 11 is 3.06. The molecule has 7 nitrogen and oxygen atoms in total. The average molecular weight is 445 g/mol. The summed E-state index contributed by atoms with van der Waals surface area (Å²) in [6.45, 7) is 4.25. The van der Waals surface area contributed by atoms with E-state index in [0.29, 0.717) is 23.0 Å². The number of hydrogen-bond donors (Lipinski definition) is 1. The molecule has 0 spiro atoms. The minimum Gasteiger partial charge on any atom is -0.462 e. The van der Waals surface area contributed by atoms with Crippen LogP contribution in [0.1, 0.15) is 35.5 Å². The molecule has 9 heteroatoms. The maximum Gasteiger partial charge on any atom is 0.338 e. The molecule has 0 bridgehead atoms. The summed E-state index contributed by atoms with van der Waals surface area (Å²) in [7, 11) is 1.90. The van der Waals surface area contributed by atoms with Crippen LogP contribution >= 0.6 is 23.1 Å². The Kier molecular flexibility index (Phi) is 7.64. The summed E-state index contributed by atoms with van der Waals surface area (Å²) in [5, 5.41) is 14.1. The zero-order chi connectivity index (χ0) is 21.5. The Morgan fingerprint density at radius 2 is 1.97 bits per heavy atom. The number of anilines is 1. The standard InChI is InChI=1S/C21H24N4O3S2/c1-4-6-17-11-15(12-29-17)19-23-24-21(25(19)3)30-13-18(26)22-16-9-7-14(8-10-16)20(27)28-5-2/h7-12H,4-6,13H2,1-3H3,(H,22,26). The Morgan fingerprint density at radius 1 is 1.20 bits per heavy atom. The second kappa shape index (κ2) is 10.4. The molecular weight excluding hydrogens is 420 g/mol. The second-order valence-electron chi connectivity index (χ2n) is 6.55. The van der Waals surface area contributed by atoms with Crippen molar-refractivity contribution in [2.75, 3.05) is 17.7 Å². The Hall–Kier alpha value is -2.65. The molecule has 2 aromatic heterocycles. The third-order valence-electron chi connectivity index (χ3n) is 4.26. The van der Waals surface area contributed by atoms with Crippen molar-refractivity contribution >= 4 is 40.7 Å². The van der Waals surface area contributed by atoms with Gasteiger partial charge in [0.2, 0.25) is 5.91 Å². The van der Waals surface area contributed by atoms with Crippen molar-refractivity contribution in [2.24, 2.45) is 7.05 Å². The van der Waals surface area contributed by atoms with E-state index in [0.717, 1.165) is 24.2 Å². The number of amides is 1. The van der Waals surface area contributed by atoms with Crippen LogP contribution in [0.3, 0.4) is 0 Å². The maximum atomic E-state index is 12.3. The lowest BCUT2D eigenvalue weighted by Gasteiger charge is -2.06. The lowest BCUT2D eigenvalue weighted by Crippen LogP contribution is -2.14. The van der Waals surface area contributed by atoms with Crippen LogP contribution in [0, 0.1) is 0 Å². The topological polar surface area (TPSA) is 86.1 Å². The number of thiophene rings is 1. The van der Waals surface area contributed by atoms with Crippen LogP contribution in [-0.4, -0.2) is 39.0 Å². The van der Waals surface area contributed by atoms with Crippen LogP contribution in [0.25, 0.3) is 11.4 Å². The highest BCUT2D eigenvalue weighted by atomic mass is 32.2. The fourth-order valence-electron chi connectivity index (χ4n) is 2.80. The van der Waals surface area contributed by atoms with Gasteiger partial charge in [-0.05, 0) is 43.7 Å². The number of nitrogens with zero attached hydrogens (tertiary/aromatic N) is 3. The number of benzene rings is 1. The highest BCUT2D eigenvalue weighted by Crippen LogP contribution is 2.27. The first-order valence-electron chi connectivity index (χ1n) is 9.68. The van der Waals surface area contributed by atoms with E-state index < -0.39 is 0 Å². The van der Waals surface area contributed by atoms with Gasteiger partial charge in [-0.3, -0.25) is 4.79 Å². The van der Waals surface area contributed by atoms with Crippen molar-refractivity contribution in [2.45, 2.75) is 31.8 Å². The number of hydrogen-bond acceptors (Lipinski definition) is 7. The van der Waals surface area contributed by atoms with Crippen molar-refractivity contribution in [3.05, 3.63) is 46.2 Å². The van der Waals surface area contributed by atoms with E-state index in [-0.39, 0.29) is 17.6 Å². The summed E-state index contributed by atoms with van der Waals surface area (Å²) in [5.41, 5.74) is 2.12. The van der Waals surface area contributed by atoms with Crippen molar-refractivity contribution in [1.82, 2.24) is 14.8 Å². The number of nitrogens with one attached hydrogen (secondary N) is 1. The van der Waals surface area contributed by atoms with Gasteiger partial charge in [0, 0.05) is 28.6 Å². The Labute approximate surface area is 183 Å². The van der Waals surface area contributed by atoms with Crippen molar-refractivity contribution in [1.29, 1.82) is 0 Å². The van der Waals surface area contributed by atoms with Gasteiger partial charge in [-0.1, -0.05) is 25.1 Å². The maximum absolute atomic E-state index is 12.3. The van der Waals surface area contributed by atoms with Crippen LogP contribution in [0.2, 0.25) is 0 Å². The molecule has 0 saturated carbocycles. The largest absolute Gasteiger partial charge is 0.462 e. The molecule has 0 aliphatic rings. The number of carbonyl (C=O) groups is 2. The molecule has 0 unspecified atom stereocenters. The predicted molar refractivity (Wildman–Crippen MR) is 120 cm³/mol. The number of ether oxygens (including phenoxy) is 1. The summed E-state index contributed by atoms with van der Waals surface area (Å²) in [5.74, 6) is 0.466. The van der Waals surface area contributed by atoms with Crippen LogP contribution in [-0.2, 0) is 23.0 Å². The minimum atomic E-state index is -0.378. The average Bonchev–Trinajstić information content (AvgIpc) is 3.34. The molecule has 3 aromatic rings. The quantitative estimate of drug-likeness (QED) is 0.389. The van der Waals surface area contributed by atoms with Gasteiger partial charge in [0.25, 0.3) is 0 Å². The first kappa shape index (κ1) is 22.0. The molecule has 0 fully saturated rings. The zero-order valence-corrected chi connectivity index (χ0v) is 18.8. The van der Waals surface area contributed by atoms with Crippen LogP contribution in [0.15, 0.2) is 40.9 Å². The van der Waals surface area contributed by atoms with E-state index in [2.05, 4.69) is 33.9 Å². The lowest BCUT2D eigenvalue weighted by atomic mass is 10.2. The van der Waals surface area contributed by atoms with E-state index in [1.54, 1.807) is 42.5 Å². The molecule has 30 heavy (non-hydrogen) atoms. The Bertz CT molecular complexity index is 1010. The smallest absolute Gasteiger partial charge is 0.338 e. The molecule has 0 atom stereocenters. The van der Waals surface area contributed by atoms with Crippen molar-refractivity contribution in [3.63, 3.8) is 0 Å². The Morgan fingerprint density at radius 3 is 2.67 bits per heavy atom. The first-order chi connectivity index (χ1) is 14.5. The van der Waals surface area contributed by atoms with Crippen LogP contribution in [0.4, 0.5) is 5.69 Å².